The smallest absolute Gasteiger partial charge is 0.409 e. The van der Waals surface area contributed by atoms with Crippen molar-refractivity contribution in [2.24, 2.45) is 0 Å². The highest BCUT2D eigenvalue weighted by atomic mass is 32.2. The molecule has 3 nitrogen and oxygen atoms in total. The number of carbonyl (C=O) groups is 1. The second kappa shape index (κ2) is 8.95. The fraction of sp³-hybridized carbons (Fsp3) is 0.381. The van der Waals surface area contributed by atoms with Crippen LogP contribution in [0.2, 0.25) is 0 Å². The topological polar surface area (TPSA) is 29.5 Å². The van der Waals surface area contributed by atoms with Crippen LogP contribution in [-0.2, 0) is 4.74 Å². The molecule has 0 spiro atoms. The summed E-state index contributed by atoms with van der Waals surface area (Å²) >= 11 is 2.02. The monoisotopic (exact) mass is 355 g/mol. The zero-order valence-corrected chi connectivity index (χ0v) is 15.5. The Bertz CT molecular complexity index is 615. The number of rotatable bonds is 5. The Hall–Kier alpha value is -1.94. The number of carbonyl (C=O) groups excluding carboxylic acids is 1. The lowest BCUT2D eigenvalue weighted by molar-refractivity contribution is 0.100. The van der Waals surface area contributed by atoms with E-state index in [4.69, 9.17) is 4.74 Å². The minimum absolute atomic E-state index is 0.173. The van der Waals surface area contributed by atoms with Crippen LogP contribution < -0.4 is 0 Å². The summed E-state index contributed by atoms with van der Waals surface area (Å²) in [5, 5.41) is 0.887. The molecule has 25 heavy (non-hydrogen) atoms. The summed E-state index contributed by atoms with van der Waals surface area (Å²) in [5.74, 6) is 0. The average Bonchev–Trinajstić information content (AvgIpc) is 2.68. The molecule has 132 valence electrons. The Balaban J connectivity index is 1.67. The molecule has 1 aliphatic heterocycles. The Morgan fingerprint density at radius 2 is 1.56 bits per heavy atom. The van der Waals surface area contributed by atoms with Crippen LogP contribution in [0.3, 0.4) is 0 Å². The van der Waals surface area contributed by atoms with Gasteiger partial charge < -0.3 is 9.64 Å². The van der Waals surface area contributed by atoms with Crippen molar-refractivity contribution in [3.05, 3.63) is 71.8 Å². The van der Waals surface area contributed by atoms with E-state index in [0.717, 1.165) is 25.9 Å². The summed E-state index contributed by atoms with van der Waals surface area (Å²) in [6, 6.07) is 21.4. The highest BCUT2D eigenvalue weighted by Gasteiger charge is 2.27. The minimum Gasteiger partial charge on any atom is -0.450 e. The second-order valence-electron chi connectivity index (χ2n) is 6.22. The first-order valence-corrected chi connectivity index (χ1v) is 9.89. The van der Waals surface area contributed by atoms with Crippen molar-refractivity contribution >= 4 is 17.9 Å². The third-order valence-electron chi connectivity index (χ3n) is 4.50. The summed E-state index contributed by atoms with van der Waals surface area (Å²) in [7, 11) is 0. The molecule has 2 aromatic rings. The molecule has 3 rings (SSSR count). The lowest BCUT2D eigenvalue weighted by Gasteiger charge is -2.33. The predicted molar refractivity (Wildman–Crippen MR) is 104 cm³/mol. The second-order valence-corrected chi connectivity index (χ2v) is 7.63. The molecule has 1 fully saturated rings. The number of nitrogens with zero attached hydrogens (tertiary/aromatic N) is 1. The molecule has 1 saturated heterocycles. The van der Waals surface area contributed by atoms with Gasteiger partial charge in [-0.25, -0.2) is 4.79 Å². The molecule has 1 heterocycles. The van der Waals surface area contributed by atoms with Gasteiger partial charge in [0.25, 0.3) is 0 Å². The SMILES string of the molecule is CCOC(=O)N1CCC(SC(c2ccccc2)c2ccccc2)CC1. The summed E-state index contributed by atoms with van der Waals surface area (Å²) in [6.07, 6.45) is 1.85. The lowest BCUT2D eigenvalue weighted by Crippen LogP contribution is -2.39. The lowest BCUT2D eigenvalue weighted by atomic mass is 10.0. The van der Waals surface area contributed by atoms with Gasteiger partial charge in [0.15, 0.2) is 0 Å². The zero-order valence-electron chi connectivity index (χ0n) is 14.6. The number of amides is 1. The number of likely N-dealkylation sites (tertiary alicyclic amines) is 1. The molecule has 0 unspecified atom stereocenters. The van der Waals surface area contributed by atoms with Gasteiger partial charge >= 0.3 is 6.09 Å². The van der Waals surface area contributed by atoms with Crippen LogP contribution in [0.5, 0.6) is 0 Å². The highest BCUT2D eigenvalue weighted by molar-refractivity contribution is 8.00. The largest absolute Gasteiger partial charge is 0.450 e. The van der Waals surface area contributed by atoms with Crippen molar-refractivity contribution in [3.8, 4) is 0 Å². The molecule has 0 bridgehead atoms. The Morgan fingerprint density at radius 1 is 1.04 bits per heavy atom. The summed E-state index contributed by atoms with van der Waals surface area (Å²) in [4.78, 5) is 13.7. The van der Waals surface area contributed by atoms with Gasteiger partial charge in [-0.05, 0) is 30.9 Å². The summed E-state index contributed by atoms with van der Waals surface area (Å²) in [6.45, 7) is 3.86. The fourth-order valence-electron chi connectivity index (χ4n) is 3.19. The van der Waals surface area contributed by atoms with Crippen LogP contribution in [0.15, 0.2) is 60.7 Å². The van der Waals surface area contributed by atoms with Crippen molar-refractivity contribution < 1.29 is 9.53 Å². The third-order valence-corrected chi connectivity index (χ3v) is 6.17. The van der Waals surface area contributed by atoms with Crippen molar-refractivity contribution in [3.63, 3.8) is 0 Å². The average molecular weight is 356 g/mol. The van der Waals surface area contributed by atoms with Crippen LogP contribution in [0.1, 0.15) is 36.1 Å². The van der Waals surface area contributed by atoms with E-state index >= 15 is 0 Å². The van der Waals surface area contributed by atoms with E-state index in [-0.39, 0.29) is 6.09 Å². The quantitative estimate of drug-likeness (QED) is 0.744. The van der Waals surface area contributed by atoms with Crippen LogP contribution in [0, 0.1) is 0 Å². The number of ether oxygens (including phenoxy) is 1. The Labute approximate surface area is 154 Å². The first-order valence-electron chi connectivity index (χ1n) is 8.95. The molecule has 0 aliphatic carbocycles. The number of hydrogen-bond donors (Lipinski definition) is 0. The van der Waals surface area contributed by atoms with Crippen molar-refractivity contribution in [2.75, 3.05) is 19.7 Å². The van der Waals surface area contributed by atoms with Gasteiger partial charge in [-0.15, -0.1) is 11.8 Å². The van der Waals surface area contributed by atoms with E-state index in [2.05, 4.69) is 60.7 Å². The molecule has 0 aromatic heterocycles. The van der Waals surface area contributed by atoms with Gasteiger partial charge in [0.05, 0.1) is 11.9 Å². The van der Waals surface area contributed by atoms with Crippen LogP contribution in [0.25, 0.3) is 0 Å². The molecule has 1 aliphatic rings. The number of hydrogen-bond acceptors (Lipinski definition) is 3. The molecular formula is C21H25NO2S. The van der Waals surface area contributed by atoms with Crippen LogP contribution in [0.4, 0.5) is 4.79 Å². The summed E-state index contributed by atoms with van der Waals surface area (Å²) in [5.41, 5.74) is 2.68. The zero-order chi connectivity index (χ0) is 17.5. The molecule has 0 atom stereocenters. The van der Waals surface area contributed by atoms with E-state index in [0.29, 0.717) is 17.1 Å². The van der Waals surface area contributed by atoms with E-state index in [1.54, 1.807) is 0 Å². The first-order chi connectivity index (χ1) is 12.3. The Morgan fingerprint density at radius 3 is 2.04 bits per heavy atom. The standard InChI is InChI=1S/C21H25NO2S/c1-2-24-21(23)22-15-13-19(14-16-22)25-20(17-9-5-3-6-10-17)18-11-7-4-8-12-18/h3-12,19-20H,2,13-16H2,1H3. The normalized spacial score (nSPS) is 15.4. The molecule has 4 heteroatoms. The maximum Gasteiger partial charge on any atom is 0.409 e. The van der Waals surface area contributed by atoms with Gasteiger partial charge in [0, 0.05) is 18.3 Å². The summed E-state index contributed by atoms with van der Waals surface area (Å²) < 4.78 is 5.12. The maximum absolute atomic E-state index is 11.9. The van der Waals surface area contributed by atoms with E-state index in [1.807, 2.05) is 23.6 Å². The Kier molecular flexibility index (Phi) is 6.40. The van der Waals surface area contributed by atoms with Crippen molar-refractivity contribution in [1.82, 2.24) is 4.90 Å². The minimum atomic E-state index is -0.173. The van der Waals surface area contributed by atoms with Gasteiger partial charge in [-0.3, -0.25) is 0 Å². The molecule has 2 aromatic carbocycles. The fourth-order valence-corrected chi connectivity index (χ4v) is 4.68. The van der Waals surface area contributed by atoms with Gasteiger partial charge in [-0.2, -0.15) is 0 Å². The number of piperidine rings is 1. The van der Waals surface area contributed by atoms with Gasteiger partial charge in [0.1, 0.15) is 0 Å². The van der Waals surface area contributed by atoms with Crippen LogP contribution in [-0.4, -0.2) is 35.9 Å². The van der Waals surface area contributed by atoms with Gasteiger partial charge in [-0.1, -0.05) is 60.7 Å². The number of thioether (sulfide) groups is 1. The molecule has 0 radical (unpaired) electrons. The van der Waals surface area contributed by atoms with E-state index in [9.17, 15) is 4.79 Å². The van der Waals surface area contributed by atoms with Crippen molar-refractivity contribution in [2.45, 2.75) is 30.3 Å². The molecule has 0 N–H and O–H groups in total. The molecular weight excluding hydrogens is 330 g/mol. The number of benzene rings is 2. The molecule has 1 amide bonds. The maximum atomic E-state index is 11.9. The third kappa shape index (κ3) is 4.79. The van der Waals surface area contributed by atoms with Crippen LogP contribution >= 0.6 is 11.8 Å². The van der Waals surface area contributed by atoms with E-state index < -0.39 is 0 Å². The van der Waals surface area contributed by atoms with Gasteiger partial charge in [0.2, 0.25) is 0 Å². The first kappa shape index (κ1) is 17.9. The predicted octanol–water partition coefficient (Wildman–Crippen LogP) is 5.13. The van der Waals surface area contributed by atoms with E-state index in [1.165, 1.54) is 11.1 Å². The molecule has 0 saturated carbocycles. The highest BCUT2D eigenvalue weighted by Crippen LogP contribution is 2.41. The van der Waals surface area contributed by atoms with Crippen molar-refractivity contribution in [1.29, 1.82) is 0 Å².